The van der Waals surface area contributed by atoms with Crippen LogP contribution in [-0.2, 0) is 4.79 Å². The molecule has 0 spiro atoms. The van der Waals surface area contributed by atoms with Gasteiger partial charge in [0.25, 0.3) is 11.5 Å². The molecule has 1 amide bonds. The van der Waals surface area contributed by atoms with Crippen LogP contribution < -0.4 is 10.9 Å². The summed E-state index contributed by atoms with van der Waals surface area (Å²) in [6.45, 7) is 5.20. The molecule has 1 heterocycles. The highest BCUT2D eigenvalue weighted by Gasteiger charge is 2.23. The maximum atomic E-state index is 12.1. The Hall–Kier alpha value is -2.18. The molecule has 0 aliphatic carbocycles. The maximum absolute atomic E-state index is 12.1. The lowest BCUT2D eigenvalue weighted by molar-refractivity contribution is -0.139. The van der Waals surface area contributed by atoms with Crippen LogP contribution >= 0.6 is 0 Å². The molecule has 7 nitrogen and oxygen atoms in total. The van der Waals surface area contributed by atoms with Gasteiger partial charge in [-0.3, -0.25) is 9.59 Å². The first-order valence-corrected chi connectivity index (χ1v) is 6.48. The molecule has 0 aliphatic rings. The average molecular weight is 281 g/mol. The molecule has 0 aromatic carbocycles. The van der Waals surface area contributed by atoms with Crippen molar-refractivity contribution in [3.8, 4) is 0 Å². The van der Waals surface area contributed by atoms with Crippen LogP contribution in [0.1, 0.15) is 47.8 Å². The van der Waals surface area contributed by atoms with Gasteiger partial charge >= 0.3 is 5.97 Å². The third kappa shape index (κ3) is 3.66. The highest BCUT2D eigenvalue weighted by molar-refractivity contribution is 5.97. The summed E-state index contributed by atoms with van der Waals surface area (Å²) in [7, 11) is 0. The van der Waals surface area contributed by atoms with Crippen molar-refractivity contribution in [3.05, 3.63) is 27.2 Å². The van der Waals surface area contributed by atoms with Gasteiger partial charge in [0.2, 0.25) is 0 Å². The molecule has 0 radical (unpaired) electrons. The van der Waals surface area contributed by atoms with Crippen molar-refractivity contribution in [2.45, 2.75) is 46.1 Å². The molecule has 1 aromatic rings. The van der Waals surface area contributed by atoms with E-state index in [1.807, 2.05) is 6.92 Å². The predicted octanol–water partition coefficient (Wildman–Crippen LogP) is 0.760. The number of aryl methyl sites for hydroxylation is 1. The van der Waals surface area contributed by atoms with Gasteiger partial charge in [-0.05, 0) is 25.8 Å². The Morgan fingerprint density at radius 1 is 1.40 bits per heavy atom. The molecule has 110 valence electrons. The fourth-order valence-electron chi connectivity index (χ4n) is 1.80. The van der Waals surface area contributed by atoms with Crippen LogP contribution in [0.3, 0.4) is 0 Å². The number of hydrogen-bond acceptors (Lipinski definition) is 4. The number of amides is 1. The van der Waals surface area contributed by atoms with Gasteiger partial charge in [-0.15, -0.1) is 0 Å². The largest absolute Gasteiger partial charge is 0.480 e. The van der Waals surface area contributed by atoms with Crippen molar-refractivity contribution in [1.29, 1.82) is 0 Å². The summed E-state index contributed by atoms with van der Waals surface area (Å²) >= 11 is 0. The number of hydrogen-bond donors (Lipinski definition) is 3. The minimum Gasteiger partial charge on any atom is -0.480 e. The SMILES string of the molecule is CCCC[C@H](NC(=O)c1c(C)c(C)n[nH]c1=O)C(=O)O. The van der Waals surface area contributed by atoms with Gasteiger partial charge in [0.1, 0.15) is 11.6 Å². The molecular formula is C13H19N3O4. The van der Waals surface area contributed by atoms with Gasteiger partial charge in [0.15, 0.2) is 0 Å². The zero-order valence-electron chi connectivity index (χ0n) is 11.8. The summed E-state index contributed by atoms with van der Waals surface area (Å²) in [5.41, 5.74) is 0.270. The number of carboxylic acid groups (broad SMARTS) is 1. The second-order valence-corrected chi connectivity index (χ2v) is 4.64. The molecule has 20 heavy (non-hydrogen) atoms. The number of carbonyl (C=O) groups is 2. The Kier molecular flexibility index (Phi) is 5.42. The lowest BCUT2D eigenvalue weighted by Gasteiger charge is -2.14. The van der Waals surface area contributed by atoms with Gasteiger partial charge in [-0.1, -0.05) is 19.8 Å². The van der Waals surface area contributed by atoms with Crippen LogP contribution in [0.25, 0.3) is 0 Å². The number of aromatic nitrogens is 2. The van der Waals surface area contributed by atoms with Crippen molar-refractivity contribution >= 4 is 11.9 Å². The van der Waals surface area contributed by atoms with E-state index in [0.717, 1.165) is 6.42 Å². The number of rotatable bonds is 6. The second kappa shape index (κ2) is 6.83. The van der Waals surface area contributed by atoms with E-state index in [4.69, 9.17) is 5.11 Å². The van der Waals surface area contributed by atoms with E-state index in [1.165, 1.54) is 0 Å². The van der Waals surface area contributed by atoms with Crippen molar-refractivity contribution in [2.75, 3.05) is 0 Å². The smallest absolute Gasteiger partial charge is 0.326 e. The van der Waals surface area contributed by atoms with Crippen LogP contribution in [0.15, 0.2) is 4.79 Å². The highest BCUT2D eigenvalue weighted by atomic mass is 16.4. The number of aromatic amines is 1. The van der Waals surface area contributed by atoms with E-state index < -0.39 is 23.5 Å². The van der Waals surface area contributed by atoms with E-state index in [1.54, 1.807) is 13.8 Å². The van der Waals surface area contributed by atoms with E-state index in [2.05, 4.69) is 15.5 Å². The Morgan fingerprint density at radius 3 is 2.60 bits per heavy atom. The van der Waals surface area contributed by atoms with Crippen molar-refractivity contribution in [1.82, 2.24) is 15.5 Å². The summed E-state index contributed by atoms with van der Waals surface area (Å²) in [6, 6.07) is -0.991. The number of carboxylic acids is 1. The molecule has 3 N–H and O–H groups in total. The first kappa shape index (κ1) is 15.9. The van der Waals surface area contributed by atoms with E-state index in [0.29, 0.717) is 24.1 Å². The third-order valence-corrected chi connectivity index (χ3v) is 3.15. The average Bonchev–Trinajstić information content (AvgIpc) is 2.39. The second-order valence-electron chi connectivity index (χ2n) is 4.64. The molecular weight excluding hydrogens is 262 g/mol. The molecule has 0 saturated carbocycles. The molecule has 1 aromatic heterocycles. The van der Waals surface area contributed by atoms with E-state index in [-0.39, 0.29) is 5.56 Å². The first-order valence-electron chi connectivity index (χ1n) is 6.48. The third-order valence-electron chi connectivity index (χ3n) is 3.15. The Morgan fingerprint density at radius 2 is 2.05 bits per heavy atom. The lowest BCUT2D eigenvalue weighted by atomic mass is 10.1. The van der Waals surface area contributed by atoms with Gasteiger partial charge in [-0.2, -0.15) is 5.10 Å². The van der Waals surface area contributed by atoms with Gasteiger partial charge in [0, 0.05) is 0 Å². The number of aliphatic carboxylic acids is 1. The molecule has 7 heteroatoms. The minimum atomic E-state index is -1.10. The molecule has 1 atom stereocenters. The number of nitrogens with zero attached hydrogens (tertiary/aromatic N) is 1. The van der Waals surface area contributed by atoms with Crippen LogP contribution in [-0.4, -0.2) is 33.2 Å². The quantitative estimate of drug-likeness (QED) is 0.712. The number of H-pyrrole nitrogens is 1. The molecule has 0 aliphatic heterocycles. The van der Waals surface area contributed by atoms with Crippen LogP contribution in [0.2, 0.25) is 0 Å². The fraction of sp³-hybridized carbons (Fsp3) is 0.538. The molecule has 0 saturated heterocycles. The molecule has 1 rings (SSSR count). The van der Waals surface area contributed by atoms with E-state index >= 15 is 0 Å². The van der Waals surface area contributed by atoms with Gasteiger partial charge < -0.3 is 10.4 Å². The highest BCUT2D eigenvalue weighted by Crippen LogP contribution is 2.07. The molecule has 0 bridgehead atoms. The fourth-order valence-corrected chi connectivity index (χ4v) is 1.80. The normalized spacial score (nSPS) is 11.9. The monoisotopic (exact) mass is 281 g/mol. The molecule has 0 fully saturated rings. The zero-order chi connectivity index (χ0) is 15.3. The number of unbranched alkanes of at least 4 members (excludes halogenated alkanes) is 1. The van der Waals surface area contributed by atoms with Crippen LogP contribution in [0, 0.1) is 13.8 Å². The summed E-state index contributed by atoms with van der Waals surface area (Å²) in [5, 5.41) is 17.4. The molecule has 0 unspecified atom stereocenters. The van der Waals surface area contributed by atoms with Gasteiger partial charge in [-0.25, -0.2) is 9.89 Å². The number of carbonyl (C=O) groups excluding carboxylic acids is 1. The Balaban J connectivity index is 2.98. The summed E-state index contributed by atoms with van der Waals surface area (Å²) < 4.78 is 0. The lowest BCUT2D eigenvalue weighted by Crippen LogP contribution is -2.43. The first-order chi connectivity index (χ1) is 9.38. The maximum Gasteiger partial charge on any atom is 0.326 e. The zero-order valence-corrected chi connectivity index (χ0v) is 11.8. The van der Waals surface area contributed by atoms with Crippen molar-refractivity contribution < 1.29 is 14.7 Å². The predicted molar refractivity (Wildman–Crippen MR) is 72.7 cm³/mol. The van der Waals surface area contributed by atoms with Crippen LogP contribution in [0.4, 0.5) is 0 Å². The topological polar surface area (TPSA) is 112 Å². The Bertz CT molecular complexity index is 565. The van der Waals surface area contributed by atoms with E-state index in [9.17, 15) is 14.4 Å². The summed E-state index contributed by atoms with van der Waals surface area (Å²) in [5.74, 6) is -1.79. The van der Waals surface area contributed by atoms with Gasteiger partial charge in [0.05, 0.1) is 5.69 Å². The summed E-state index contributed by atoms with van der Waals surface area (Å²) in [4.78, 5) is 34.9. The Labute approximate surface area is 116 Å². The van der Waals surface area contributed by atoms with Crippen LogP contribution in [0.5, 0.6) is 0 Å². The van der Waals surface area contributed by atoms with Crippen molar-refractivity contribution in [2.24, 2.45) is 0 Å². The standard InChI is InChI=1S/C13H19N3O4/c1-4-5-6-9(13(19)20)14-11(17)10-7(2)8(3)15-16-12(10)18/h9H,4-6H2,1-3H3,(H,14,17)(H,16,18)(H,19,20)/t9-/m0/s1. The summed E-state index contributed by atoms with van der Waals surface area (Å²) in [6.07, 6.45) is 1.84. The number of nitrogens with one attached hydrogen (secondary N) is 2. The van der Waals surface area contributed by atoms with Crippen molar-refractivity contribution in [3.63, 3.8) is 0 Å². The minimum absolute atomic E-state index is 0.0831.